The van der Waals surface area contributed by atoms with Crippen molar-refractivity contribution in [3.05, 3.63) is 57.4 Å². The van der Waals surface area contributed by atoms with Crippen molar-refractivity contribution in [2.24, 2.45) is 0 Å². The fourth-order valence-electron chi connectivity index (χ4n) is 2.85. The Morgan fingerprint density at radius 2 is 1.92 bits per heavy atom. The average Bonchev–Trinajstić information content (AvgIpc) is 2.89. The molecule has 0 fully saturated rings. The smallest absolute Gasteiger partial charge is 0.339 e. The third kappa shape index (κ3) is 3.94. The van der Waals surface area contributed by atoms with E-state index >= 15 is 0 Å². The number of aryl methyl sites for hydroxylation is 1. The van der Waals surface area contributed by atoms with E-state index in [0.717, 1.165) is 5.56 Å². The summed E-state index contributed by atoms with van der Waals surface area (Å²) in [6.45, 7) is 5.90. The van der Waals surface area contributed by atoms with Crippen molar-refractivity contribution in [1.82, 2.24) is 9.88 Å². The third-order valence-corrected chi connectivity index (χ3v) is 4.86. The summed E-state index contributed by atoms with van der Waals surface area (Å²) in [6.07, 6.45) is 0. The van der Waals surface area contributed by atoms with Gasteiger partial charge in [0.25, 0.3) is 0 Å². The number of likely N-dealkylation sites (N-methyl/N-ethyl adjacent to an activating group) is 1. The first-order valence-corrected chi connectivity index (χ1v) is 8.41. The number of hydrogen-bond donors (Lipinski definition) is 1. The van der Waals surface area contributed by atoms with E-state index in [1.165, 1.54) is 7.11 Å². The molecule has 6 heteroatoms. The third-order valence-electron chi connectivity index (χ3n) is 4.49. The van der Waals surface area contributed by atoms with Crippen LogP contribution in [0.15, 0.2) is 24.3 Å². The normalized spacial score (nSPS) is 12.3. The van der Waals surface area contributed by atoms with Gasteiger partial charge in [-0.15, -0.1) is 0 Å². The van der Waals surface area contributed by atoms with Crippen LogP contribution >= 0.6 is 11.6 Å². The van der Waals surface area contributed by atoms with Gasteiger partial charge in [0.15, 0.2) is 5.78 Å². The van der Waals surface area contributed by atoms with E-state index in [0.29, 0.717) is 34.1 Å². The zero-order valence-corrected chi connectivity index (χ0v) is 15.9. The van der Waals surface area contributed by atoms with Gasteiger partial charge in [-0.25, -0.2) is 4.79 Å². The zero-order valence-electron chi connectivity index (χ0n) is 15.1. The number of hydrogen-bond acceptors (Lipinski definition) is 4. The highest BCUT2D eigenvalue weighted by Crippen LogP contribution is 2.22. The molecule has 134 valence electrons. The van der Waals surface area contributed by atoms with Crippen molar-refractivity contribution in [3.63, 3.8) is 0 Å². The SMILES string of the molecule is COC(=O)c1c(C)[nH]c(C(=O)C(C)N(C)Cc2ccccc2Cl)c1C. The van der Waals surface area contributed by atoms with E-state index < -0.39 is 5.97 Å². The molecule has 0 spiro atoms. The summed E-state index contributed by atoms with van der Waals surface area (Å²) < 4.78 is 4.80. The summed E-state index contributed by atoms with van der Waals surface area (Å²) in [5.74, 6) is -0.521. The molecule has 0 amide bonds. The summed E-state index contributed by atoms with van der Waals surface area (Å²) in [7, 11) is 3.20. The molecular weight excluding hydrogens is 340 g/mol. The number of H-pyrrole nitrogens is 1. The number of ether oxygens (including phenoxy) is 1. The second-order valence-corrected chi connectivity index (χ2v) is 6.57. The van der Waals surface area contributed by atoms with Crippen LogP contribution in [0.5, 0.6) is 0 Å². The minimum absolute atomic E-state index is 0.0784. The molecule has 0 saturated carbocycles. The summed E-state index contributed by atoms with van der Waals surface area (Å²) in [4.78, 5) is 29.8. The van der Waals surface area contributed by atoms with E-state index in [4.69, 9.17) is 16.3 Å². The summed E-state index contributed by atoms with van der Waals surface area (Å²) >= 11 is 6.20. The molecule has 0 radical (unpaired) electrons. The Labute approximate surface area is 152 Å². The van der Waals surface area contributed by atoms with Crippen LogP contribution in [0.1, 0.15) is 44.6 Å². The minimum atomic E-state index is -0.442. The number of nitrogens with one attached hydrogen (secondary N) is 1. The monoisotopic (exact) mass is 362 g/mol. The van der Waals surface area contributed by atoms with E-state index in [9.17, 15) is 9.59 Å². The van der Waals surface area contributed by atoms with Gasteiger partial charge in [0.05, 0.1) is 24.4 Å². The topological polar surface area (TPSA) is 62.4 Å². The van der Waals surface area contributed by atoms with Gasteiger partial charge in [0.1, 0.15) is 0 Å². The van der Waals surface area contributed by atoms with Gasteiger partial charge in [-0.05, 0) is 45.0 Å². The summed E-state index contributed by atoms with van der Waals surface area (Å²) in [5, 5.41) is 0.675. The molecule has 1 aromatic heterocycles. The lowest BCUT2D eigenvalue weighted by Crippen LogP contribution is -2.36. The van der Waals surface area contributed by atoms with Gasteiger partial charge < -0.3 is 9.72 Å². The average molecular weight is 363 g/mol. The molecule has 1 heterocycles. The molecule has 0 saturated heterocycles. The molecule has 0 bridgehead atoms. The number of halogens is 1. The Morgan fingerprint density at radius 3 is 2.52 bits per heavy atom. The molecule has 1 atom stereocenters. The number of ketones is 1. The van der Waals surface area contributed by atoms with Crippen molar-refractivity contribution in [2.45, 2.75) is 33.4 Å². The second kappa shape index (κ2) is 7.85. The van der Waals surface area contributed by atoms with Crippen LogP contribution in [0.3, 0.4) is 0 Å². The highest BCUT2D eigenvalue weighted by Gasteiger charge is 2.27. The van der Waals surface area contributed by atoms with Crippen LogP contribution in [-0.4, -0.2) is 41.8 Å². The van der Waals surface area contributed by atoms with Gasteiger partial charge in [-0.3, -0.25) is 9.69 Å². The Balaban J connectivity index is 2.22. The van der Waals surface area contributed by atoms with Crippen molar-refractivity contribution >= 4 is 23.4 Å². The first-order valence-electron chi connectivity index (χ1n) is 8.03. The van der Waals surface area contributed by atoms with Crippen LogP contribution in [0, 0.1) is 13.8 Å². The molecule has 2 rings (SSSR count). The fourth-order valence-corrected chi connectivity index (χ4v) is 3.04. The van der Waals surface area contributed by atoms with Crippen LogP contribution in [0.25, 0.3) is 0 Å². The molecule has 0 aliphatic carbocycles. The van der Waals surface area contributed by atoms with Gasteiger partial charge in [0.2, 0.25) is 0 Å². The van der Waals surface area contributed by atoms with Crippen LogP contribution in [0.2, 0.25) is 5.02 Å². The Kier molecular flexibility index (Phi) is 6.03. The lowest BCUT2D eigenvalue weighted by atomic mass is 10.0. The van der Waals surface area contributed by atoms with Crippen molar-refractivity contribution in [2.75, 3.05) is 14.2 Å². The molecule has 1 unspecified atom stereocenters. The van der Waals surface area contributed by atoms with Crippen molar-refractivity contribution < 1.29 is 14.3 Å². The number of nitrogens with zero attached hydrogens (tertiary/aromatic N) is 1. The molecular formula is C19H23ClN2O3. The fraction of sp³-hybridized carbons (Fsp3) is 0.368. The standard InChI is InChI=1S/C19H23ClN2O3/c1-11-16(19(24)25-5)12(2)21-17(11)18(23)13(3)22(4)10-14-8-6-7-9-15(14)20/h6-9,13,21H,10H2,1-5H3. The molecule has 1 aromatic carbocycles. The van der Waals surface area contributed by atoms with Gasteiger partial charge >= 0.3 is 5.97 Å². The molecule has 0 aliphatic heterocycles. The zero-order chi connectivity index (χ0) is 18.7. The number of rotatable bonds is 6. The van der Waals surface area contributed by atoms with Gasteiger partial charge in [-0.2, -0.15) is 0 Å². The first-order chi connectivity index (χ1) is 11.8. The van der Waals surface area contributed by atoms with Crippen LogP contribution in [0.4, 0.5) is 0 Å². The number of Topliss-reactive ketones (excluding diaryl/α,β-unsaturated/α-hetero) is 1. The number of esters is 1. The molecule has 0 aliphatic rings. The maximum Gasteiger partial charge on any atom is 0.339 e. The molecule has 2 aromatic rings. The van der Waals surface area contributed by atoms with E-state index in [2.05, 4.69) is 4.98 Å². The Morgan fingerprint density at radius 1 is 1.28 bits per heavy atom. The first kappa shape index (κ1) is 19.2. The highest BCUT2D eigenvalue weighted by atomic mass is 35.5. The number of carbonyl (C=O) groups excluding carboxylic acids is 2. The van der Waals surface area contributed by atoms with Gasteiger partial charge in [0, 0.05) is 17.3 Å². The predicted octanol–water partition coefficient (Wildman–Crippen LogP) is 3.77. The Hall–Kier alpha value is -2.11. The van der Waals surface area contributed by atoms with Crippen molar-refractivity contribution in [1.29, 1.82) is 0 Å². The summed E-state index contributed by atoms with van der Waals surface area (Å²) in [6, 6.07) is 7.19. The summed E-state index contributed by atoms with van der Waals surface area (Å²) in [5.41, 5.74) is 3.07. The maximum absolute atomic E-state index is 12.9. The second-order valence-electron chi connectivity index (χ2n) is 6.16. The highest BCUT2D eigenvalue weighted by molar-refractivity contribution is 6.31. The minimum Gasteiger partial charge on any atom is -0.465 e. The van der Waals surface area contributed by atoms with Crippen LogP contribution < -0.4 is 0 Å². The van der Waals surface area contributed by atoms with Crippen LogP contribution in [-0.2, 0) is 11.3 Å². The molecule has 5 nitrogen and oxygen atoms in total. The number of benzene rings is 1. The number of aromatic nitrogens is 1. The lowest BCUT2D eigenvalue weighted by molar-refractivity contribution is 0.0599. The predicted molar refractivity (Wildman–Crippen MR) is 98.3 cm³/mol. The number of aromatic amines is 1. The quantitative estimate of drug-likeness (QED) is 0.627. The van der Waals surface area contributed by atoms with Crippen molar-refractivity contribution in [3.8, 4) is 0 Å². The Bertz CT molecular complexity index is 798. The van der Waals surface area contributed by atoms with E-state index in [1.54, 1.807) is 13.8 Å². The number of methoxy groups -OCH3 is 1. The van der Waals surface area contributed by atoms with Gasteiger partial charge in [-0.1, -0.05) is 29.8 Å². The largest absolute Gasteiger partial charge is 0.465 e. The maximum atomic E-state index is 12.9. The molecule has 1 N–H and O–H groups in total. The number of carbonyl (C=O) groups is 2. The van der Waals surface area contributed by atoms with E-state index in [-0.39, 0.29) is 11.8 Å². The lowest BCUT2D eigenvalue weighted by Gasteiger charge is -2.24. The molecule has 25 heavy (non-hydrogen) atoms. The van der Waals surface area contributed by atoms with E-state index in [1.807, 2.05) is 43.1 Å².